The summed E-state index contributed by atoms with van der Waals surface area (Å²) >= 11 is 0. The molecule has 9 nitrogen and oxygen atoms in total. The number of fused-ring (bicyclic) bond motifs is 1. The van der Waals surface area contributed by atoms with Crippen LogP contribution in [0.25, 0.3) is 0 Å². The number of benzene rings is 2. The lowest BCUT2D eigenvalue weighted by Gasteiger charge is -2.34. The first kappa shape index (κ1) is 29.3. The highest BCUT2D eigenvalue weighted by molar-refractivity contribution is 7.92. The average molecular weight is 546 g/mol. The van der Waals surface area contributed by atoms with Crippen molar-refractivity contribution in [3.8, 4) is 11.5 Å². The number of nitrogens with one attached hydrogen (secondary N) is 1. The van der Waals surface area contributed by atoms with E-state index in [-0.39, 0.29) is 24.2 Å². The predicted octanol–water partition coefficient (Wildman–Crippen LogP) is 3.64. The molecule has 3 rings (SSSR count). The Morgan fingerprint density at radius 1 is 1.00 bits per heavy atom. The number of ether oxygens (including phenoxy) is 2. The maximum atomic E-state index is 13.9. The molecule has 2 aromatic carbocycles. The minimum absolute atomic E-state index is 0.0540. The van der Waals surface area contributed by atoms with E-state index in [1.54, 1.807) is 18.2 Å². The van der Waals surface area contributed by atoms with Gasteiger partial charge < -0.3 is 19.7 Å². The first-order chi connectivity index (χ1) is 18.1. The van der Waals surface area contributed by atoms with E-state index in [9.17, 15) is 18.0 Å². The Kier molecular flexibility index (Phi) is 10.0. The fourth-order valence-corrected chi connectivity index (χ4v) is 5.29. The normalized spacial score (nSPS) is 14.3. The van der Waals surface area contributed by atoms with E-state index in [1.165, 1.54) is 11.8 Å². The van der Waals surface area contributed by atoms with Crippen molar-refractivity contribution < 1.29 is 27.5 Å². The Labute approximate surface area is 226 Å². The molecule has 0 spiro atoms. The molecular weight excluding hydrogens is 506 g/mol. The third-order valence-electron chi connectivity index (χ3n) is 6.78. The number of amides is 2. The van der Waals surface area contributed by atoms with Crippen molar-refractivity contribution in [3.63, 3.8) is 0 Å². The van der Waals surface area contributed by atoms with Crippen molar-refractivity contribution in [2.24, 2.45) is 0 Å². The summed E-state index contributed by atoms with van der Waals surface area (Å²) in [6.45, 7) is 9.70. The molecular formula is C28H39N3O6S. The summed E-state index contributed by atoms with van der Waals surface area (Å²) in [5.74, 6) is 0.0279. The van der Waals surface area contributed by atoms with Gasteiger partial charge in [0.15, 0.2) is 11.5 Å². The van der Waals surface area contributed by atoms with Crippen molar-refractivity contribution in [1.82, 2.24) is 10.2 Å². The Morgan fingerprint density at radius 2 is 1.68 bits per heavy atom. The Balaban J connectivity index is 1.99. The van der Waals surface area contributed by atoms with Gasteiger partial charge in [-0.25, -0.2) is 8.42 Å². The average Bonchev–Trinajstić information content (AvgIpc) is 2.92. The number of carbonyl (C=O) groups excluding carboxylic acids is 2. The van der Waals surface area contributed by atoms with E-state index in [4.69, 9.17) is 9.47 Å². The van der Waals surface area contributed by atoms with Crippen molar-refractivity contribution in [2.75, 3.05) is 29.8 Å². The number of rotatable bonds is 12. The van der Waals surface area contributed by atoms with E-state index in [2.05, 4.69) is 5.32 Å². The quantitative estimate of drug-likeness (QED) is 0.437. The molecule has 0 bridgehead atoms. The number of hydrogen-bond donors (Lipinski definition) is 1. The van der Waals surface area contributed by atoms with Gasteiger partial charge in [0.2, 0.25) is 21.8 Å². The molecule has 2 atom stereocenters. The molecule has 1 aliphatic rings. The summed E-state index contributed by atoms with van der Waals surface area (Å²) < 4.78 is 38.7. The maximum absolute atomic E-state index is 13.9. The van der Waals surface area contributed by atoms with Crippen LogP contribution >= 0.6 is 0 Å². The summed E-state index contributed by atoms with van der Waals surface area (Å²) in [6.07, 6.45) is 1.13. The predicted molar refractivity (Wildman–Crippen MR) is 148 cm³/mol. The number of carbonyl (C=O) groups is 2. The number of nitrogens with zero attached hydrogens (tertiary/aromatic N) is 2. The van der Waals surface area contributed by atoms with Gasteiger partial charge >= 0.3 is 0 Å². The van der Waals surface area contributed by atoms with Gasteiger partial charge in [-0.3, -0.25) is 13.9 Å². The molecule has 0 aromatic heterocycles. The van der Waals surface area contributed by atoms with Crippen molar-refractivity contribution >= 4 is 27.5 Å². The van der Waals surface area contributed by atoms with E-state index >= 15 is 0 Å². The molecule has 1 N–H and O–H groups in total. The van der Waals surface area contributed by atoms with Gasteiger partial charge in [-0.15, -0.1) is 0 Å². The van der Waals surface area contributed by atoms with E-state index in [0.29, 0.717) is 36.8 Å². The van der Waals surface area contributed by atoms with Gasteiger partial charge in [0.05, 0.1) is 11.4 Å². The number of hydrogen-bond acceptors (Lipinski definition) is 6. The van der Waals surface area contributed by atoms with Crippen LogP contribution in [0.1, 0.15) is 51.7 Å². The van der Waals surface area contributed by atoms with Crippen LogP contribution < -0.4 is 19.1 Å². The van der Waals surface area contributed by atoms with Crippen LogP contribution in [-0.4, -0.2) is 62.7 Å². The highest BCUT2D eigenvalue weighted by Crippen LogP contribution is 2.35. The minimum Gasteiger partial charge on any atom is -0.486 e. The minimum atomic E-state index is -3.84. The molecule has 0 fully saturated rings. The molecule has 1 heterocycles. The standard InChI is InChI=1S/C28H39N3O6S/c1-6-21(5)29-28(33)24(7-2)30(18-22-12-10-9-11-20(22)4)27(32)19-31(38(34,35)8-3)23-13-14-25-26(17-23)37-16-15-36-25/h9-14,17,21,24H,6-8,15-16,18-19H2,1-5H3,(H,29,33). The largest absolute Gasteiger partial charge is 0.486 e. The van der Waals surface area contributed by atoms with Crippen molar-refractivity contribution in [1.29, 1.82) is 0 Å². The first-order valence-corrected chi connectivity index (χ1v) is 14.8. The summed E-state index contributed by atoms with van der Waals surface area (Å²) in [7, 11) is -3.84. The zero-order valence-electron chi connectivity index (χ0n) is 22.9. The number of sulfonamides is 1. The highest BCUT2D eigenvalue weighted by atomic mass is 32.2. The van der Waals surface area contributed by atoms with Crippen LogP contribution in [-0.2, 0) is 26.2 Å². The van der Waals surface area contributed by atoms with Gasteiger partial charge in [0.1, 0.15) is 25.8 Å². The summed E-state index contributed by atoms with van der Waals surface area (Å²) in [5, 5.41) is 2.98. The molecule has 208 valence electrons. The molecule has 0 saturated carbocycles. The first-order valence-electron chi connectivity index (χ1n) is 13.2. The van der Waals surface area contributed by atoms with E-state index in [1.807, 2.05) is 52.0 Å². The topological polar surface area (TPSA) is 105 Å². The Morgan fingerprint density at radius 3 is 2.32 bits per heavy atom. The molecule has 2 amide bonds. The molecule has 0 aliphatic carbocycles. The van der Waals surface area contributed by atoms with Crippen LogP contribution in [0.3, 0.4) is 0 Å². The lowest BCUT2D eigenvalue weighted by molar-refractivity contribution is -0.140. The summed E-state index contributed by atoms with van der Waals surface area (Å²) in [4.78, 5) is 28.7. The van der Waals surface area contributed by atoms with Gasteiger partial charge in [0.25, 0.3) is 0 Å². The van der Waals surface area contributed by atoms with Crippen LogP contribution in [0.5, 0.6) is 11.5 Å². The van der Waals surface area contributed by atoms with Gasteiger partial charge in [0, 0.05) is 18.7 Å². The molecule has 10 heteroatoms. The Hall–Kier alpha value is -3.27. The monoisotopic (exact) mass is 545 g/mol. The molecule has 2 unspecified atom stereocenters. The summed E-state index contributed by atoms with van der Waals surface area (Å²) in [5.41, 5.74) is 2.17. The Bertz CT molecular complexity index is 1230. The van der Waals surface area contributed by atoms with Crippen LogP contribution in [0.2, 0.25) is 0 Å². The van der Waals surface area contributed by atoms with Crippen molar-refractivity contribution in [2.45, 2.75) is 66.1 Å². The van der Waals surface area contributed by atoms with Gasteiger partial charge in [-0.1, -0.05) is 38.1 Å². The second-order valence-corrected chi connectivity index (χ2v) is 11.6. The fourth-order valence-electron chi connectivity index (χ4n) is 4.24. The van der Waals surface area contributed by atoms with Crippen LogP contribution in [0.15, 0.2) is 42.5 Å². The maximum Gasteiger partial charge on any atom is 0.244 e. The zero-order valence-corrected chi connectivity index (χ0v) is 23.7. The number of anilines is 1. The van der Waals surface area contributed by atoms with Gasteiger partial charge in [-0.2, -0.15) is 0 Å². The van der Waals surface area contributed by atoms with E-state index < -0.39 is 28.5 Å². The smallest absolute Gasteiger partial charge is 0.244 e. The molecule has 0 saturated heterocycles. The second-order valence-electron chi connectivity index (χ2n) is 9.43. The fraction of sp³-hybridized carbons (Fsp3) is 0.500. The third kappa shape index (κ3) is 6.98. The SMILES string of the molecule is CCC(C)NC(=O)C(CC)N(Cc1ccccc1C)C(=O)CN(c1ccc2c(c1)OCCO2)S(=O)(=O)CC. The molecule has 1 aliphatic heterocycles. The molecule has 2 aromatic rings. The second kappa shape index (κ2) is 13.0. The number of aryl methyl sites for hydroxylation is 1. The lowest BCUT2D eigenvalue weighted by atomic mass is 10.1. The third-order valence-corrected chi connectivity index (χ3v) is 8.52. The van der Waals surface area contributed by atoms with Gasteiger partial charge in [-0.05, 0) is 56.9 Å². The molecule has 38 heavy (non-hydrogen) atoms. The van der Waals surface area contributed by atoms with E-state index in [0.717, 1.165) is 21.9 Å². The van der Waals surface area contributed by atoms with Crippen LogP contribution in [0, 0.1) is 6.92 Å². The van der Waals surface area contributed by atoms with Crippen LogP contribution in [0.4, 0.5) is 5.69 Å². The highest BCUT2D eigenvalue weighted by Gasteiger charge is 2.33. The zero-order chi connectivity index (χ0) is 27.9. The lowest BCUT2D eigenvalue weighted by Crippen LogP contribution is -2.53. The molecule has 0 radical (unpaired) electrons. The van der Waals surface area contributed by atoms with Crippen molar-refractivity contribution in [3.05, 3.63) is 53.6 Å². The summed E-state index contributed by atoms with van der Waals surface area (Å²) in [6, 6.07) is 11.7.